The second kappa shape index (κ2) is 7.35. The maximum Gasteiger partial charge on any atom is 0.317 e. The summed E-state index contributed by atoms with van der Waals surface area (Å²) in [6.45, 7) is 1.35. The number of hydrogen-bond donors (Lipinski definition) is 2. The first-order valence-corrected chi connectivity index (χ1v) is 8.90. The molecule has 4 nitrogen and oxygen atoms in total. The van der Waals surface area contributed by atoms with E-state index in [0.717, 1.165) is 32.1 Å². The van der Waals surface area contributed by atoms with Crippen LogP contribution in [0.25, 0.3) is 0 Å². The van der Waals surface area contributed by atoms with Crippen molar-refractivity contribution in [3.63, 3.8) is 0 Å². The highest BCUT2D eigenvalue weighted by atomic mass is 16.3. The van der Waals surface area contributed by atoms with Crippen molar-refractivity contribution in [3.05, 3.63) is 35.4 Å². The number of fused-ring (bicyclic) bond motifs is 1. The van der Waals surface area contributed by atoms with Crippen LogP contribution in [0, 0.1) is 5.92 Å². The fraction of sp³-hybridized carbons (Fsp3) is 0.632. The molecule has 2 N–H and O–H groups in total. The van der Waals surface area contributed by atoms with Crippen molar-refractivity contribution in [3.8, 4) is 0 Å². The van der Waals surface area contributed by atoms with E-state index < -0.39 is 0 Å². The van der Waals surface area contributed by atoms with E-state index in [1.54, 1.807) is 4.90 Å². The van der Waals surface area contributed by atoms with Gasteiger partial charge in [0, 0.05) is 32.0 Å². The van der Waals surface area contributed by atoms with Gasteiger partial charge in [-0.05, 0) is 43.2 Å². The Kier molecular flexibility index (Phi) is 5.21. The van der Waals surface area contributed by atoms with E-state index in [1.807, 2.05) is 7.05 Å². The number of urea groups is 1. The van der Waals surface area contributed by atoms with Gasteiger partial charge in [0.05, 0.1) is 6.10 Å². The van der Waals surface area contributed by atoms with Gasteiger partial charge in [-0.15, -0.1) is 0 Å². The van der Waals surface area contributed by atoms with Gasteiger partial charge in [0.2, 0.25) is 0 Å². The topological polar surface area (TPSA) is 52.6 Å². The molecule has 1 saturated carbocycles. The number of aliphatic hydroxyl groups excluding tert-OH is 1. The van der Waals surface area contributed by atoms with E-state index in [0.29, 0.717) is 19.0 Å². The highest BCUT2D eigenvalue weighted by Crippen LogP contribution is 2.31. The second-order valence-corrected chi connectivity index (χ2v) is 7.11. The molecule has 0 radical (unpaired) electrons. The lowest BCUT2D eigenvalue weighted by molar-refractivity contribution is 0.114. The van der Waals surface area contributed by atoms with Crippen LogP contribution in [0.15, 0.2) is 24.3 Å². The zero-order valence-electron chi connectivity index (χ0n) is 14.0. The Balaban J connectivity index is 1.51. The van der Waals surface area contributed by atoms with Crippen molar-refractivity contribution in [1.29, 1.82) is 0 Å². The Bertz CT molecular complexity index is 546. The summed E-state index contributed by atoms with van der Waals surface area (Å²) in [5.74, 6) is 0.663. The van der Waals surface area contributed by atoms with Crippen molar-refractivity contribution in [2.24, 2.45) is 5.92 Å². The molecule has 1 aromatic carbocycles. The van der Waals surface area contributed by atoms with Crippen LogP contribution in [0.2, 0.25) is 0 Å². The maximum atomic E-state index is 12.3. The predicted molar refractivity (Wildman–Crippen MR) is 91.5 cm³/mol. The van der Waals surface area contributed by atoms with Crippen LogP contribution in [0.3, 0.4) is 0 Å². The van der Waals surface area contributed by atoms with E-state index in [4.69, 9.17) is 0 Å². The van der Waals surface area contributed by atoms with E-state index in [-0.39, 0.29) is 18.1 Å². The second-order valence-electron chi connectivity index (χ2n) is 7.11. The van der Waals surface area contributed by atoms with Crippen LogP contribution in [-0.2, 0) is 6.42 Å². The van der Waals surface area contributed by atoms with Gasteiger partial charge in [-0.2, -0.15) is 0 Å². The Morgan fingerprint density at radius 1 is 1.26 bits per heavy atom. The lowest BCUT2D eigenvalue weighted by Gasteiger charge is -2.28. The molecule has 0 bridgehead atoms. The summed E-state index contributed by atoms with van der Waals surface area (Å²) < 4.78 is 0. The third kappa shape index (κ3) is 3.86. The monoisotopic (exact) mass is 316 g/mol. The zero-order valence-corrected chi connectivity index (χ0v) is 14.0. The quantitative estimate of drug-likeness (QED) is 0.897. The molecule has 3 atom stereocenters. The van der Waals surface area contributed by atoms with Crippen LogP contribution < -0.4 is 5.32 Å². The van der Waals surface area contributed by atoms with E-state index >= 15 is 0 Å². The standard InChI is InChI=1S/C19H28N2O2/c1-21(13-16-9-5-11-18(16)22)19(23)20-12-15-8-4-7-14-6-2-3-10-17(14)15/h2-3,6,10,15-16,18,22H,4-5,7-9,11-13H2,1H3,(H,20,23). The molecule has 2 aliphatic rings. The number of rotatable bonds is 4. The number of carbonyl (C=O) groups excluding carboxylic acids is 1. The summed E-state index contributed by atoms with van der Waals surface area (Å²) in [6.07, 6.45) is 6.22. The first-order chi connectivity index (χ1) is 11.1. The Morgan fingerprint density at radius 2 is 2.09 bits per heavy atom. The summed E-state index contributed by atoms with van der Waals surface area (Å²) in [5.41, 5.74) is 2.83. The Morgan fingerprint density at radius 3 is 2.87 bits per heavy atom. The van der Waals surface area contributed by atoms with Gasteiger partial charge in [0.25, 0.3) is 0 Å². The van der Waals surface area contributed by atoms with Crippen molar-refractivity contribution in [2.75, 3.05) is 20.1 Å². The summed E-state index contributed by atoms with van der Waals surface area (Å²) in [4.78, 5) is 14.1. The first kappa shape index (κ1) is 16.3. The average Bonchev–Trinajstić information content (AvgIpc) is 2.97. The zero-order chi connectivity index (χ0) is 16.2. The van der Waals surface area contributed by atoms with Crippen LogP contribution in [0.5, 0.6) is 0 Å². The molecule has 23 heavy (non-hydrogen) atoms. The Hall–Kier alpha value is -1.55. The van der Waals surface area contributed by atoms with E-state index in [9.17, 15) is 9.90 Å². The smallest absolute Gasteiger partial charge is 0.317 e. The maximum absolute atomic E-state index is 12.3. The molecule has 3 unspecified atom stereocenters. The van der Waals surface area contributed by atoms with Crippen LogP contribution >= 0.6 is 0 Å². The number of benzene rings is 1. The number of nitrogens with one attached hydrogen (secondary N) is 1. The van der Waals surface area contributed by atoms with Gasteiger partial charge in [-0.3, -0.25) is 0 Å². The molecule has 0 heterocycles. The van der Waals surface area contributed by atoms with Gasteiger partial charge in [0.1, 0.15) is 0 Å². The predicted octanol–water partition coefficient (Wildman–Crippen LogP) is 2.91. The molecule has 4 heteroatoms. The summed E-state index contributed by atoms with van der Waals surface area (Å²) in [7, 11) is 1.83. The third-order valence-corrected chi connectivity index (χ3v) is 5.47. The van der Waals surface area contributed by atoms with Crippen LogP contribution in [0.4, 0.5) is 4.79 Å². The summed E-state index contributed by atoms with van der Waals surface area (Å²) >= 11 is 0. The van der Waals surface area contributed by atoms with E-state index in [2.05, 4.69) is 29.6 Å². The highest BCUT2D eigenvalue weighted by Gasteiger charge is 2.28. The van der Waals surface area contributed by atoms with Crippen molar-refractivity contribution < 1.29 is 9.90 Å². The molecule has 1 fully saturated rings. The van der Waals surface area contributed by atoms with Gasteiger partial charge in [-0.25, -0.2) is 4.79 Å². The van der Waals surface area contributed by atoms with Gasteiger partial charge in [0.15, 0.2) is 0 Å². The van der Waals surface area contributed by atoms with Crippen LogP contribution in [-0.4, -0.2) is 42.3 Å². The molecule has 0 spiro atoms. The lowest BCUT2D eigenvalue weighted by atomic mass is 9.83. The van der Waals surface area contributed by atoms with Gasteiger partial charge < -0.3 is 15.3 Å². The molecular weight excluding hydrogens is 288 g/mol. The minimum Gasteiger partial charge on any atom is -0.393 e. The van der Waals surface area contributed by atoms with Crippen molar-refractivity contribution >= 4 is 6.03 Å². The molecule has 0 saturated heterocycles. The SMILES string of the molecule is CN(CC1CCCC1O)C(=O)NCC1CCCc2ccccc21. The molecule has 3 rings (SSSR count). The fourth-order valence-electron chi connectivity index (χ4n) is 4.08. The summed E-state index contributed by atoms with van der Waals surface area (Å²) in [6, 6.07) is 8.57. The number of carbonyl (C=O) groups is 1. The van der Waals surface area contributed by atoms with Gasteiger partial charge >= 0.3 is 6.03 Å². The molecule has 0 aromatic heterocycles. The number of amides is 2. The first-order valence-electron chi connectivity index (χ1n) is 8.90. The number of aliphatic hydroxyl groups is 1. The van der Waals surface area contributed by atoms with Crippen molar-refractivity contribution in [1.82, 2.24) is 10.2 Å². The third-order valence-electron chi connectivity index (χ3n) is 5.47. The number of aryl methyl sites for hydroxylation is 1. The molecule has 1 aromatic rings. The normalized spacial score (nSPS) is 26.6. The van der Waals surface area contributed by atoms with Gasteiger partial charge in [-0.1, -0.05) is 30.7 Å². The molecule has 2 aliphatic carbocycles. The molecule has 2 amide bonds. The number of nitrogens with zero attached hydrogens (tertiary/aromatic N) is 1. The van der Waals surface area contributed by atoms with Crippen LogP contribution in [0.1, 0.15) is 49.1 Å². The number of hydrogen-bond acceptors (Lipinski definition) is 2. The minimum atomic E-state index is -0.240. The Labute approximate surface area is 138 Å². The van der Waals surface area contributed by atoms with Crippen molar-refractivity contribution in [2.45, 2.75) is 50.5 Å². The van der Waals surface area contributed by atoms with E-state index in [1.165, 1.54) is 17.5 Å². The molecule has 126 valence electrons. The summed E-state index contributed by atoms with van der Waals surface area (Å²) in [5, 5.41) is 13.0. The average molecular weight is 316 g/mol. The minimum absolute atomic E-state index is 0.0212. The molecular formula is C19H28N2O2. The molecule has 0 aliphatic heterocycles. The fourth-order valence-corrected chi connectivity index (χ4v) is 4.08. The largest absolute Gasteiger partial charge is 0.393 e. The lowest BCUT2D eigenvalue weighted by Crippen LogP contribution is -2.42. The highest BCUT2D eigenvalue weighted by molar-refractivity contribution is 5.73.